The van der Waals surface area contributed by atoms with Crippen LogP contribution in [0.4, 0.5) is 0 Å². The van der Waals surface area contributed by atoms with Gasteiger partial charge in [-0.05, 0) is 30.3 Å². The molecule has 0 saturated carbocycles. The molecule has 1 aliphatic heterocycles. The Hall–Kier alpha value is -2.56. The second kappa shape index (κ2) is 5.83. The zero-order valence-corrected chi connectivity index (χ0v) is 12.0. The third kappa shape index (κ3) is 2.67. The first-order chi connectivity index (χ1) is 10.3. The van der Waals surface area contributed by atoms with Crippen LogP contribution in [0.15, 0.2) is 47.8 Å². The highest BCUT2D eigenvalue weighted by Crippen LogP contribution is 2.33. The van der Waals surface area contributed by atoms with Crippen molar-refractivity contribution in [3.05, 3.63) is 53.9 Å². The molecule has 0 spiro atoms. The fourth-order valence-electron chi connectivity index (χ4n) is 2.46. The highest BCUT2D eigenvalue weighted by atomic mass is 16.5. The highest BCUT2D eigenvalue weighted by molar-refractivity contribution is 6.01. The van der Waals surface area contributed by atoms with Crippen molar-refractivity contribution >= 4 is 5.71 Å². The third-order valence-corrected chi connectivity index (χ3v) is 3.58. The maximum Gasteiger partial charge on any atom is 0.124 e. The molecule has 1 aromatic carbocycles. The van der Waals surface area contributed by atoms with Crippen LogP contribution in [0.1, 0.15) is 23.6 Å². The van der Waals surface area contributed by atoms with Crippen molar-refractivity contribution in [2.45, 2.75) is 12.5 Å². The van der Waals surface area contributed by atoms with Gasteiger partial charge in [0.25, 0.3) is 0 Å². The van der Waals surface area contributed by atoms with Gasteiger partial charge in [0.1, 0.15) is 11.5 Å². The van der Waals surface area contributed by atoms with Gasteiger partial charge in [-0.1, -0.05) is 0 Å². The predicted octanol–water partition coefficient (Wildman–Crippen LogP) is 2.54. The lowest BCUT2D eigenvalue weighted by molar-refractivity contribution is 0.392. The second-order valence-electron chi connectivity index (χ2n) is 4.79. The molecule has 5 heteroatoms. The van der Waals surface area contributed by atoms with Gasteiger partial charge in [-0.3, -0.25) is 4.98 Å². The molecule has 0 fully saturated rings. The van der Waals surface area contributed by atoms with Crippen molar-refractivity contribution in [1.82, 2.24) is 10.4 Å². The minimum absolute atomic E-state index is 0.0817. The number of nitrogens with zero attached hydrogens (tertiary/aromatic N) is 2. The Balaban J connectivity index is 1.84. The van der Waals surface area contributed by atoms with Crippen LogP contribution in [0.5, 0.6) is 11.5 Å². The summed E-state index contributed by atoms with van der Waals surface area (Å²) < 4.78 is 10.7. The summed E-state index contributed by atoms with van der Waals surface area (Å²) in [4.78, 5) is 4.03. The average molecular weight is 283 g/mol. The Bertz CT molecular complexity index is 656. The quantitative estimate of drug-likeness (QED) is 0.937. The lowest BCUT2D eigenvalue weighted by Gasteiger charge is -2.15. The molecular formula is C16H17N3O2. The third-order valence-electron chi connectivity index (χ3n) is 3.58. The second-order valence-corrected chi connectivity index (χ2v) is 4.79. The van der Waals surface area contributed by atoms with Gasteiger partial charge in [-0.15, -0.1) is 0 Å². The van der Waals surface area contributed by atoms with Crippen molar-refractivity contribution in [3.63, 3.8) is 0 Å². The first-order valence-corrected chi connectivity index (χ1v) is 6.76. The Morgan fingerprint density at radius 3 is 2.62 bits per heavy atom. The van der Waals surface area contributed by atoms with Crippen LogP contribution in [0.3, 0.4) is 0 Å². The molecule has 0 amide bonds. The maximum atomic E-state index is 5.44. The first kappa shape index (κ1) is 13.4. The van der Waals surface area contributed by atoms with E-state index in [1.165, 1.54) is 0 Å². The molecule has 1 N–H and O–H groups in total. The number of hydrazone groups is 1. The van der Waals surface area contributed by atoms with Gasteiger partial charge < -0.3 is 14.9 Å². The molecule has 0 radical (unpaired) electrons. The van der Waals surface area contributed by atoms with E-state index >= 15 is 0 Å². The van der Waals surface area contributed by atoms with Gasteiger partial charge in [-0.2, -0.15) is 5.10 Å². The number of pyridine rings is 1. The highest BCUT2D eigenvalue weighted by Gasteiger charge is 2.24. The monoisotopic (exact) mass is 283 g/mol. The average Bonchev–Trinajstić information content (AvgIpc) is 3.05. The van der Waals surface area contributed by atoms with Crippen molar-refractivity contribution in [2.75, 3.05) is 14.2 Å². The Morgan fingerprint density at radius 1 is 1.10 bits per heavy atom. The van der Waals surface area contributed by atoms with E-state index in [1.807, 2.05) is 30.3 Å². The molecule has 0 aliphatic carbocycles. The van der Waals surface area contributed by atoms with E-state index in [2.05, 4.69) is 15.5 Å². The predicted molar refractivity (Wildman–Crippen MR) is 80.8 cm³/mol. The van der Waals surface area contributed by atoms with Crippen molar-refractivity contribution in [1.29, 1.82) is 0 Å². The van der Waals surface area contributed by atoms with Crippen LogP contribution in [-0.2, 0) is 0 Å². The molecule has 2 aromatic rings. The number of benzene rings is 1. The van der Waals surface area contributed by atoms with E-state index in [0.29, 0.717) is 0 Å². The van der Waals surface area contributed by atoms with Crippen LogP contribution in [0.2, 0.25) is 0 Å². The Labute approximate surface area is 123 Å². The van der Waals surface area contributed by atoms with Crippen LogP contribution >= 0.6 is 0 Å². The van der Waals surface area contributed by atoms with Crippen LogP contribution in [0, 0.1) is 0 Å². The molecule has 5 nitrogen and oxygen atoms in total. The summed E-state index contributed by atoms with van der Waals surface area (Å²) in [7, 11) is 3.33. The van der Waals surface area contributed by atoms with Crippen molar-refractivity contribution < 1.29 is 9.47 Å². The molecule has 2 heterocycles. The van der Waals surface area contributed by atoms with Gasteiger partial charge in [0, 0.05) is 29.9 Å². The van der Waals surface area contributed by atoms with Gasteiger partial charge >= 0.3 is 0 Å². The molecule has 108 valence electrons. The molecule has 1 atom stereocenters. The fourth-order valence-corrected chi connectivity index (χ4v) is 2.46. The van der Waals surface area contributed by atoms with Gasteiger partial charge in [0.2, 0.25) is 0 Å². The summed E-state index contributed by atoms with van der Waals surface area (Å²) >= 11 is 0. The molecular weight excluding hydrogens is 266 g/mol. The molecule has 1 aliphatic rings. The maximum absolute atomic E-state index is 5.44. The standard InChI is InChI=1S/C16H17N3O2/c1-20-12-3-4-16(21-2)13(9-12)15-10-14(18-19-15)11-5-7-17-8-6-11/h3-9,15,19H,10H2,1-2H3. The SMILES string of the molecule is COc1ccc(OC)c(C2CC(c3ccncc3)=NN2)c1. The van der Waals surface area contributed by atoms with Crippen molar-refractivity contribution in [3.8, 4) is 11.5 Å². The van der Waals surface area contributed by atoms with Gasteiger partial charge in [0.05, 0.1) is 26.0 Å². The number of rotatable bonds is 4. The normalized spacial score (nSPS) is 17.0. The number of nitrogens with one attached hydrogen (secondary N) is 1. The summed E-state index contributed by atoms with van der Waals surface area (Å²) in [5.74, 6) is 1.64. The van der Waals surface area contributed by atoms with E-state index in [0.717, 1.165) is 34.8 Å². The fraction of sp³-hybridized carbons (Fsp3) is 0.250. The lowest BCUT2D eigenvalue weighted by atomic mass is 9.98. The largest absolute Gasteiger partial charge is 0.497 e. The number of ether oxygens (including phenoxy) is 2. The van der Waals surface area contributed by atoms with Crippen LogP contribution in [-0.4, -0.2) is 24.9 Å². The summed E-state index contributed by atoms with van der Waals surface area (Å²) in [6, 6.07) is 9.81. The van der Waals surface area contributed by atoms with Crippen LogP contribution < -0.4 is 14.9 Å². The van der Waals surface area contributed by atoms with E-state index in [-0.39, 0.29) is 6.04 Å². The number of methoxy groups -OCH3 is 2. The van der Waals surface area contributed by atoms with E-state index < -0.39 is 0 Å². The Kier molecular flexibility index (Phi) is 3.73. The van der Waals surface area contributed by atoms with E-state index in [9.17, 15) is 0 Å². The summed E-state index contributed by atoms with van der Waals surface area (Å²) in [6.45, 7) is 0. The number of hydrogen-bond acceptors (Lipinski definition) is 5. The first-order valence-electron chi connectivity index (χ1n) is 6.76. The molecule has 0 saturated heterocycles. The van der Waals surface area contributed by atoms with E-state index in [1.54, 1.807) is 26.6 Å². The molecule has 0 bridgehead atoms. The van der Waals surface area contributed by atoms with Gasteiger partial charge in [-0.25, -0.2) is 0 Å². The van der Waals surface area contributed by atoms with Crippen LogP contribution in [0.25, 0.3) is 0 Å². The lowest BCUT2D eigenvalue weighted by Crippen LogP contribution is -2.11. The molecule has 21 heavy (non-hydrogen) atoms. The minimum Gasteiger partial charge on any atom is -0.497 e. The number of aromatic nitrogens is 1. The molecule has 1 unspecified atom stereocenters. The smallest absolute Gasteiger partial charge is 0.124 e. The molecule has 1 aromatic heterocycles. The topological polar surface area (TPSA) is 55.7 Å². The van der Waals surface area contributed by atoms with E-state index in [4.69, 9.17) is 9.47 Å². The zero-order chi connectivity index (χ0) is 14.7. The van der Waals surface area contributed by atoms with Crippen molar-refractivity contribution in [2.24, 2.45) is 5.10 Å². The zero-order valence-electron chi connectivity index (χ0n) is 12.0. The minimum atomic E-state index is 0.0817. The Morgan fingerprint density at radius 2 is 1.90 bits per heavy atom. The van der Waals surface area contributed by atoms with Gasteiger partial charge in [0.15, 0.2) is 0 Å². The summed E-state index contributed by atoms with van der Waals surface area (Å²) in [6.07, 6.45) is 4.35. The number of hydrogen-bond donors (Lipinski definition) is 1. The molecule has 3 rings (SSSR count). The summed E-state index contributed by atoms with van der Waals surface area (Å²) in [5, 5.41) is 4.44. The summed E-state index contributed by atoms with van der Waals surface area (Å²) in [5.41, 5.74) is 6.33.